The molecular formula is C15H24N2O4. The number of nitrogens with zero attached hydrogens (tertiary/aromatic N) is 2. The molecule has 1 heterocycles. The Morgan fingerprint density at radius 2 is 1.95 bits per heavy atom. The van der Waals surface area contributed by atoms with Crippen molar-refractivity contribution in [1.29, 1.82) is 5.26 Å². The standard InChI is InChI=1S/C15H24N2O4/c1-14(2,3)21-13(19)17-10-5-6-15(7-9-16,8-11-17)12(18)20-4/h5-8,10-11H2,1-4H3. The maximum absolute atomic E-state index is 12.1. The van der Waals surface area contributed by atoms with Crippen molar-refractivity contribution in [3.63, 3.8) is 0 Å². The Labute approximate surface area is 126 Å². The summed E-state index contributed by atoms with van der Waals surface area (Å²) in [6.45, 7) is 6.37. The van der Waals surface area contributed by atoms with Crippen LogP contribution in [0.1, 0.15) is 46.5 Å². The largest absolute Gasteiger partial charge is 0.469 e. The molecule has 1 aliphatic rings. The van der Waals surface area contributed by atoms with Crippen molar-refractivity contribution in [1.82, 2.24) is 4.90 Å². The molecule has 1 unspecified atom stereocenters. The van der Waals surface area contributed by atoms with Gasteiger partial charge in [-0.1, -0.05) is 0 Å². The molecule has 0 radical (unpaired) electrons. The molecule has 0 aromatic carbocycles. The summed E-state index contributed by atoms with van der Waals surface area (Å²) in [4.78, 5) is 25.7. The zero-order valence-electron chi connectivity index (χ0n) is 13.3. The van der Waals surface area contributed by atoms with Crippen molar-refractivity contribution in [3.8, 4) is 6.07 Å². The summed E-state index contributed by atoms with van der Waals surface area (Å²) in [5.74, 6) is -0.366. The highest BCUT2D eigenvalue weighted by Gasteiger charge is 2.41. The van der Waals surface area contributed by atoms with Gasteiger partial charge >= 0.3 is 12.1 Å². The Hall–Kier alpha value is -1.77. The van der Waals surface area contributed by atoms with Gasteiger partial charge in [0.2, 0.25) is 0 Å². The minimum atomic E-state index is -0.805. The molecule has 0 saturated carbocycles. The minimum absolute atomic E-state index is 0.113. The van der Waals surface area contributed by atoms with Gasteiger partial charge in [0, 0.05) is 13.1 Å². The highest BCUT2D eigenvalue weighted by Crippen LogP contribution is 2.36. The maximum Gasteiger partial charge on any atom is 0.410 e. The van der Waals surface area contributed by atoms with Crippen molar-refractivity contribution in [2.45, 2.75) is 52.1 Å². The minimum Gasteiger partial charge on any atom is -0.469 e. The van der Waals surface area contributed by atoms with Crippen molar-refractivity contribution in [3.05, 3.63) is 0 Å². The lowest BCUT2D eigenvalue weighted by atomic mass is 9.78. The number of hydrogen-bond acceptors (Lipinski definition) is 5. The zero-order chi connectivity index (χ0) is 16.1. The topological polar surface area (TPSA) is 79.6 Å². The highest BCUT2D eigenvalue weighted by atomic mass is 16.6. The fourth-order valence-corrected chi connectivity index (χ4v) is 2.52. The number of carbonyl (C=O) groups excluding carboxylic acids is 2. The molecular weight excluding hydrogens is 272 g/mol. The van der Waals surface area contributed by atoms with Gasteiger partial charge in [-0.15, -0.1) is 0 Å². The molecule has 6 heteroatoms. The number of amides is 1. The number of rotatable bonds is 2. The lowest BCUT2D eigenvalue weighted by Crippen LogP contribution is -2.38. The number of hydrogen-bond donors (Lipinski definition) is 0. The second-order valence-corrected chi connectivity index (χ2v) is 6.43. The van der Waals surface area contributed by atoms with Crippen LogP contribution in [0.25, 0.3) is 0 Å². The van der Waals surface area contributed by atoms with Gasteiger partial charge in [0.1, 0.15) is 5.60 Å². The molecule has 0 aromatic heterocycles. The third-order valence-corrected chi connectivity index (χ3v) is 3.63. The van der Waals surface area contributed by atoms with Crippen LogP contribution in [0.15, 0.2) is 0 Å². The molecule has 6 nitrogen and oxygen atoms in total. The predicted molar refractivity (Wildman–Crippen MR) is 76.3 cm³/mol. The van der Waals surface area contributed by atoms with E-state index in [1.165, 1.54) is 7.11 Å². The first-order valence-electron chi connectivity index (χ1n) is 7.17. The van der Waals surface area contributed by atoms with E-state index in [0.29, 0.717) is 32.4 Å². The average Bonchev–Trinajstić information content (AvgIpc) is 2.60. The van der Waals surface area contributed by atoms with E-state index in [2.05, 4.69) is 6.07 Å². The van der Waals surface area contributed by atoms with E-state index in [1.54, 1.807) is 4.90 Å². The molecule has 21 heavy (non-hydrogen) atoms. The van der Waals surface area contributed by atoms with Crippen LogP contribution in [0.4, 0.5) is 4.79 Å². The Balaban J connectivity index is 2.78. The van der Waals surface area contributed by atoms with Crippen LogP contribution in [0.3, 0.4) is 0 Å². The SMILES string of the molecule is COC(=O)C1(CC#N)CCCN(C(=O)OC(C)(C)C)CC1. The van der Waals surface area contributed by atoms with Gasteiger partial charge in [0.25, 0.3) is 0 Å². The summed E-state index contributed by atoms with van der Waals surface area (Å²) in [5.41, 5.74) is -1.35. The molecule has 1 rings (SSSR count). The predicted octanol–water partition coefficient (Wildman–Crippen LogP) is 2.48. The van der Waals surface area contributed by atoms with Gasteiger partial charge in [0.05, 0.1) is 25.0 Å². The lowest BCUT2D eigenvalue weighted by Gasteiger charge is -2.28. The molecule has 1 amide bonds. The molecule has 0 N–H and O–H groups in total. The number of ether oxygens (including phenoxy) is 2. The Bertz CT molecular complexity index is 436. The van der Waals surface area contributed by atoms with Gasteiger partial charge in [-0.2, -0.15) is 5.26 Å². The van der Waals surface area contributed by atoms with E-state index in [4.69, 9.17) is 14.7 Å². The summed E-state index contributed by atoms with van der Waals surface area (Å²) in [6.07, 6.45) is 1.36. The molecule has 1 fully saturated rings. The molecule has 1 aliphatic heterocycles. The highest BCUT2D eigenvalue weighted by molar-refractivity contribution is 5.77. The molecule has 0 bridgehead atoms. The zero-order valence-corrected chi connectivity index (χ0v) is 13.3. The van der Waals surface area contributed by atoms with Gasteiger partial charge in [-0.25, -0.2) is 4.79 Å². The second kappa shape index (κ2) is 6.79. The summed E-state index contributed by atoms with van der Waals surface area (Å²) >= 11 is 0. The van der Waals surface area contributed by atoms with E-state index >= 15 is 0 Å². The van der Waals surface area contributed by atoms with Crippen molar-refractivity contribution < 1.29 is 19.1 Å². The summed E-state index contributed by atoms with van der Waals surface area (Å²) in [7, 11) is 1.33. The van der Waals surface area contributed by atoms with E-state index in [9.17, 15) is 9.59 Å². The van der Waals surface area contributed by atoms with E-state index < -0.39 is 11.0 Å². The summed E-state index contributed by atoms with van der Waals surface area (Å²) in [5, 5.41) is 8.98. The molecule has 0 aromatic rings. The smallest absolute Gasteiger partial charge is 0.410 e. The molecule has 0 spiro atoms. The molecule has 0 aliphatic carbocycles. The van der Waals surface area contributed by atoms with Crippen molar-refractivity contribution >= 4 is 12.1 Å². The van der Waals surface area contributed by atoms with Crippen LogP contribution in [-0.4, -0.2) is 42.8 Å². The lowest BCUT2D eigenvalue weighted by molar-refractivity contribution is -0.153. The first-order chi connectivity index (χ1) is 9.74. The van der Waals surface area contributed by atoms with Gasteiger partial charge in [0.15, 0.2) is 0 Å². The van der Waals surface area contributed by atoms with Crippen molar-refractivity contribution in [2.75, 3.05) is 20.2 Å². The number of nitriles is 1. The Morgan fingerprint density at radius 3 is 2.48 bits per heavy atom. The third kappa shape index (κ3) is 4.62. The average molecular weight is 296 g/mol. The summed E-state index contributed by atoms with van der Waals surface area (Å²) in [6, 6.07) is 2.07. The van der Waals surface area contributed by atoms with Gasteiger partial charge in [-0.05, 0) is 40.0 Å². The Morgan fingerprint density at radius 1 is 1.29 bits per heavy atom. The van der Waals surface area contributed by atoms with E-state index in [1.807, 2.05) is 20.8 Å². The monoisotopic (exact) mass is 296 g/mol. The fourth-order valence-electron chi connectivity index (χ4n) is 2.52. The fraction of sp³-hybridized carbons (Fsp3) is 0.800. The van der Waals surface area contributed by atoms with Crippen LogP contribution in [-0.2, 0) is 14.3 Å². The van der Waals surface area contributed by atoms with Crippen LogP contribution < -0.4 is 0 Å². The molecule has 1 atom stereocenters. The first-order valence-corrected chi connectivity index (χ1v) is 7.17. The van der Waals surface area contributed by atoms with Crippen LogP contribution in [0.2, 0.25) is 0 Å². The van der Waals surface area contributed by atoms with Crippen LogP contribution in [0.5, 0.6) is 0 Å². The Kier molecular flexibility index (Phi) is 5.59. The number of likely N-dealkylation sites (tertiary alicyclic amines) is 1. The number of methoxy groups -OCH3 is 1. The van der Waals surface area contributed by atoms with Crippen LogP contribution >= 0.6 is 0 Å². The number of carbonyl (C=O) groups is 2. The van der Waals surface area contributed by atoms with Gasteiger partial charge in [-0.3, -0.25) is 4.79 Å². The third-order valence-electron chi connectivity index (χ3n) is 3.63. The normalized spacial score (nSPS) is 22.9. The van der Waals surface area contributed by atoms with E-state index in [0.717, 1.165) is 0 Å². The summed E-state index contributed by atoms with van der Waals surface area (Å²) < 4.78 is 10.2. The van der Waals surface area contributed by atoms with E-state index in [-0.39, 0.29) is 18.5 Å². The number of esters is 1. The second-order valence-electron chi connectivity index (χ2n) is 6.43. The molecule has 118 valence electrons. The van der Waals surface area contributed by atoms with Crippen molar-refractivity contribution in [2.24, 2.45) is 5.41 Å². The quantitative estimate of drug-likeness (QED) is 0.731. The first kappa shape index (κ1) is 17.3. The van der Waals surface area contributed by atoms with Gasteiger partial charge < -0.3 is 14.4 Å². The molecule has 1 saturated heterocycles. The maximum atomic E-state index is 12.1. The van der Waals surface area contributed by atoms with Crippen LogP contribution in [0, 0.1) is 16.7 Å².